The van der Waals surface area contributed by atoms with Gasteiger partial charge < -0.3 is 0 Å². The molecule has 0 unspecified atom stereocenters. The first-order valence-corrected chi connectivity index (χ1v) is 6.32. The van der Waals surface area contributed by atoms with Gasteiger partial charge in [0, 0.05) is 10.8 Å². The number of Topliss-reactive ketones (excluding diaryl/α,β-unsaturated/α-hetero) is 1. The molecule has 74 valence electrons. The Labute approximate surface area is 88.1 Å². The molecule has 0 aliphatic heterocycles. The molecule has 0 amide bonds. The highest BCUT2D eigenvalue weighted by Crippen LogP contribution is 2.37. The first-order chi connectivity index (χ1) is 6.84. The van der Waals surface area contributed by atoms with Crippen LogP contribution in [0.15, 0.2) is 6.07 Å². The zero-order valence-corrected chi connectivity index (χ0v) is 9.03. The fourth-order valence-electron chi connectivity index (χ4n) is 2.16. The molecule has 1 fully saturated rings. The molecule has 1 aromatic heterocycles. The number of carbonyl (C=O) groups excluding carboxylic acids is 1. The zero-order chi connectivity index (χ0) is 9.54. The van der Waals surface area contributed by atoms with Crippen LogP contribution in [0.3, 0.4) is 0 Å². The van der Waals surface area contributed by atoms with Gasteiger partial charge in [0.25, 0.3) is 0 Å². The van der Waals surface area contributed by atoms with E-state index in [1.54, 1.807) is 11.3 Å². The lowest BCUT2D eigenvalue weighted by atomic mass is 9.99. The van der Waals surface area contributed by atoms with Crippen molar-refractivity contribution in [2.24, 2.45) is 5.92 Å². The predicted molar refractivity (Wildman–Crippen MR) is 58.0 cm³/mol. The van der Waals surface area contributed by atoms with Crippen molar-refractivity contribution in [1.82, 2.24) is 0 Å². The second-order valence-electron chi connectivity index (χ2n) is 4.40. The van der Waals surface area contributed by atoms with Gasteiger partial charge in [-0.15, -0.1) is 11.3 Å². The molecule has 1 heterocycles. The van der Waals surface area contributed by atoms with E-state index in [0.29, 0.717) is 11.7 Å². The number of thiophene rings is 1. The summed E-state index contributed by atoms with van der Waals surface area (Å²) in [5.41, 5.74) is 1.46. The summed E-state index contributed by atoms with van der Waals surface area (Å²) in [4.78, 5) is 14.4. The molecule has 0 bridgehead atoms. The minimum absolute atomic E-state index is 0.384. The van der Waals surface area contributed by atoms with Crippen LogP contribution in [0.5, 0.6) is 0 Å². The van der Waals surface area contributed by atoms with Crippen LogP contribution >= 0.6 is 11.3 Å². The Bertz CT molecular complexity index is 350. The number of aryl methyl sites for hydroxylation is 2. The van der Waals surface area contributed by atoms with Crippen molar-refractivity contribution in [2.45, 2.75) is 38.5 Å². The molecule has 1 nitrogen and oxygen atoms in total. The summed E-state index contributed by atoms with van der Waals surface area (Å²) in [6.45, 7) is 0. The topological polar surface area (TPSA) is 17.1 Å². The average molecular weight is 206 g/mol. The van der Waals surface area contributed by atoms with Gasteiger partial charge in [-0.05, 0) is 50.2 Å². The van der Waals surface area contributed by atoms with Gasteiger partial charge in [0.05, 0.1) is 4.88 Å². The third kappa shape index (κ3) is 1.42. The van der Waals surface area contributed by atoms with Crippen LogP contribution in [-0.2, 0) is 12.8 Å². The van der Waals surface area contributed by atoms with E-state index in [4.69, 9.17) is 0 Å². The Morgan fingerprint density at radius 1 is 1.29 bits per heavy atom. The maximum atomic E-state index is 11.8. The summed E-state index contributed by atoms with van der Waals surface area (Å²) >= 11 is 1.76. The first-order valence-electron chi connectivity index (χ1n) is 5.50. The van der Waals surface area contributed by atoms with Gasteiger partial charge in [0.1, 0.15) is 0 Å². The SMILES string of the molecule is O=C(c1cc2c(s1)CCCC2)C1CC1. The van der Waals surface area contributed by atoms with Crippen molar-refractivity contribution in [2.75, 3.05) is 0 Å². The number of ketones is 1. The van der Waals surface area contributed by atoms with E-state index in [9.17, 15) is 4.79 Å². The molecule has 3 rings (SSSR count). The minimum atomic E-state index is 0.384. The van der Waals surface area contributed by atoms with E-state index < -0.39 is 0 Å². The van der Waals surface area contributed by atoms with Gasteiger partial charge in [-0.3, -0.25) is 4.79 Å². The van der Waals surface area contributed by atoms with Crippen LogP contribution in [0.4, 0.5) is 0 Å². The Kier molecular flexibility index (Phi) is 1.98. The first kappa shape index (κ1) is 8.66. The lowest BCUT2D eigenvalue weighted by molar-refractivity contribution is 0.0971. The van der Waals surface area contributed by atoms with E-state index >= 15 is 0 Å². The Morgan fingerprint density at radius 3 is 2.79 bits per heavy atom. The number of fused-ring (bicyclic) bond motifs is 1. The summed E-state index contributed by atoms with van der Waals surface area (Å²) in [6, 6.07) is 2.17. The van der Waals surface area contributed by atoms with E-state index in [1.165, 1.54) is 36.1 Å². The Morgan fingerprint density at radius 2 is 2.07 bits per heavy atom. The minimum Gasteiger partial charge on any atom is -0.293 e. The highest BCUT2D eigenvalue weighted by atomic mass is 32.1. The number of carbonyl (C=O) groups is 1. The monoisotopic (exact) mass is 206 g/mol. The second kappa shape index (κ2) is 3.20. The molecular formula is C12H14OS. The summed E-state index contributed by atoms with van der Waals surface area (Å²) in [7, 11) is 0. The van der Waals surface area contributed by atoms with Crippen LogP contribution < -0.4 is 0 Å². The van der Waals surface area contributed by atoms with Crippen LogP contribution in [0, 0.1) is 5.92 Å². The Hall–Kier alpha value is -0.630. The van der Waals surface area contributed by atoms with Gasteiger partial charge in [0.2, 0.25) is 0 Å². The van der Waals surface area contributed by atoms with Gasteiger partial charge in [-0.2, -0.15) is 0 Å². The molecule has 0 saturated heterocycles. The van der Waals surface area contributed by atoms with Crippen molar-refractivity contribution in [3.05, 3.63) is 21.4 Å². The fraction of sp³-hybridized carbons (Fsp3) is 0.583. The van der Waals surface area contributed by atoms with Crippen LogP contribution in [0.25, 0.3) is 0 Å². The third-order valence-corrected chi connectivity index (χ3v) is 4.44. The fourth-order valence-corrected chi connectivity index (χ4v) is 3.43. The molecule has 0 radical (unpaired) electrons. The smallest absolute Gasteiger partial charge is 0.175 e. The van der Waals surface area contributed by atoms with Crippen molar-refractivity contribution in [1.29, 1.82) is 0 Å². The molecule has 1 saturated carbocycles. The van der Waals surface area contributed by atoms with E-state index in [0.717, 1.165) is 17.7 Å². The summed E-state index contributed by atoms with van der Waals surface area (Å²) in [5.74, 6) is 0.805. The summed E-state index contributed by atoms with van der Waals surface area (Å²) in [5, 5.41) is 0. The second-order valence-corrected chi connectivity index (χ2v) is 5.54. The molecule has 2 aliphatic rings. The van der Waals surface area contributed by atoms with Gasteiger partial charge in [-0.25, -0.2) is 0 Å². The number of hydrogen-bond donors (Lipinski definition) is 0. The highest BCUT2D eigenvalue weighted by molar-refractivity contribution is 7.14. The Balaban J connectivity index is 1.91. The summed E-state index contributed by atoms with van der Waals surface area (Å²) < 4.78 is 0. The standard InChI is InChI=1S/C12H14OS/c13-12(8-5-6-8)11-7-9-3-1-2-4-10(9)14-11/h7-8H,1-6H2. The van der Waals surface area contributed by atoms with Crippen LogP contribution in [0.2, 0.25) is 0 Å². The molecule has 0 aromatic carbocycles. The van der Waals surface area contributed by atoms with Crippen LogP contribution in [0.1, 0.15) is 45.8 Å². The van der Waals surface area contributed by atoms with Gasteiger partial charge >= 0.3 is 0 Å². The molecule has 0 N–H and O–H groups in total. The molecular weight excluding hydrogens is 192 g/mol. The van der Waals surface area contributed by atoms with Crippen molar-refractivity contribution in [3.8, 4) is 0 Å². The van der Waals surface area contributed by atoms with Gasteiger partial charge in [0.15, 0.2) is 5.78 Å². The maximum Gasteiger partial charge on any atom is 0.175 e. The molecule has 2 aliphatic carbocycles. The van der Waals surface area contributed by atoms with E-state index in [1.807, 2.05) is 0 Å². The molecule has 0 spiro atoms. The molecule has 0 atom stereocenters. The lowest BCUT2D eigenvalue weighted by Gasteiger charge is -2.08. The zero-order valence-electron chi connectivity index (χ0n) is 8.21. The molecule has 1 aromatic rings. The highest BCUT2D eigenvalue weighted by Gasteiger charge is 2.32. The lowest BCUT2D eigenvalue weighted by Crippen LogP contribution is -1.97. The number of hydrogen-bond acceptors (Lipinski definition) is 2. The normalized spacial score (nSPS) is 20.6. The predicted octanol–water partition coefficient (Wildman–Crippen LogP) is 3.22. The maximum absolute atomic E-state index is 11.8. The average Bonchev–Trinajstić information content (AvgIpc) is 2.95. The largest absolute Gasteiger partial charge is 0.293 e. The van der Waals surface area contributed by atoms with Crippen LogP contribution in [-0.4, -0.2) is 5.78 Å². The van der Waals surface area contributed by atoms with Crippen molar-refractivity contribution < 1.29 is 4.79 Å². The van der Waals surface area contributed by atoms with E-state index in [-0.39, 0.29) is 0 Å². The number of rotatable bonds is 2. The summed E-state index contributed by atoms with van der Waals surface area (Å²) in [6.07, 6.45) is 7.27. The van der Waals surface area contributed by atoms with E-state index in [2.05, 4.69) is 6.07 Å². The molecule has 2 heteroatoms. The quantitative estimate of drug-likeness (QED) is 0.679. The molecule has 14 heavy (non-hydrogen) atoms. The van der Waals surface area contributed by atoms with Gasteiger partial charge in [-0.1, -0.05) is 0 Å². The third-order valence-electron chi connectivity index (χ3n) is 3.19. The van der Waals surface area contributed by atoms with Crippen molar-refractivity contribution >= 4 is 17.1 Å². The van der Waals surface area contributed by atoms with Crippen molar-refractivity contribution in [3.63, 3.8) is 0 Å².